The van der Waals surface area contributed by atoms with Gasteiger partial charge in [0.1, 0.15) is 5.54 Å². The third-order valence-corrected chi connectivity index (χ3v) is 4.36. The second kappa shape index (κ2) is 7.61. The standard InChI is InChI=1S/C15H28N4O/c1-5-19(13-6-8-17-9-7-13)10-14(20)18-15(4,11-16)12(2)3/h12-13,17H,5-10H2,1-4H3,(H,18,20). The highest BCUT2D eigenvalue weighted by Gasteiger charge is 2.31. The summed E-state index contributed by atoms with van der Waals surface area (Å²) in [4.78, 5) is 14.4. The third-order valence-electron chi connectivity index (χ3n) is 4.36. The molecular weight excluding hydrogens is 252 g/mol. The van der Waals surface area contributed by atoms with Crippen LogP contribution in [0.15, 0.2) is 0 Å². The van der Waals surface area contributed by atoms with Crippen LogP contribution in [0.25, 0.3) is 0 Å². The third kappa shape index (κ3) is 4.46. The molecule has 0 aromatic carbocycles. The average Bonchev–Trinajstić information content (AvgIpc) is 2.45. The van der Waals surface area contributed by atoms with E-state index in [0.717, 1.165) is 32.5 Å². The van der Waals surface area contributed by atoms with E-state index in [4.69, 9.17) is 0 Å². The largest absolute Gasteiger partial charge is 0.337 e. The molecule has 1 atom stereocenters. The van der Waals surface area contributed by atoms with Crippen molar-refractivity contribution in [3.8, 4) is 6.07 Å². The van der Waals surface area contributed by atoms with Gasteiger partial charge >= 0.3 is 0 Å². The van der Waals surface area contributed by atoms with Crippen LogP contribution in [0.5, 0.6) is 0 Å². The van der Waals surface area contributed by atoms with Crippen LogP contribution in [0.2, 0.25) is 0 Å². The summed E-state index contributed by atoms with van der Waals surface area (Å²) >= 11 is 0. The first kappa shape index (κ1) is 16.9. The molecule has 0 saturated carbocycles. The lowest BCUT2D eigenvalue weighted by Gasteiger charge is -2.34. The van der Waals surface area contributed by atoms with Gasteiger partial charge in [-0.3, -0.25) is 9.69 Å². The van der Waals surface area contributed by atoms with E-state index in [0.29, 0.717) is 12.6 Å². The maximum Gasteiger partial charge on any atom is 0.235 e. The molecule has 20 heavy (non-hydrogen) atoms. The number of hydrogen-bond donors (Lipinski definition) is 2. The Morgan fingerprint density at radius 1 is 1.50 bits per heavy atom. The lowest BCUT2D eigenvalue weighted by Crippen LogP contribution is -2.53. The molecule has 0 radical (unpaired) electrons. The molecule has 1 aliphatic rings. The lowest BCUT2D eigenvalue weighted by molar-refractivity contribution is -0.124. The average molecular weight is 280 g/mol. The topological polar surface area (TPSA) is 68.2 Å². The minimum Gasteiger partial charge on any atom is -0.337 e. The number of piperidine rings is 1. The molecule has 1 fully saturated rings. The van der Waals surface area contributed by atoms with Crippen LogP contribution in [-0.4, -0.2) is 48.6 Å². The van der Waals surface area contributed by atoms with Gasteiger partial charge in [0.05, 0.1) is 12.6 Å². The Balaban J connectivity index is 2.57. The van der Waals surface area contributed by atoms with E-state index in [2.05, 4.69) is 28.5 Å². The van der Waals surface area contributed by atoms with Crippen LogP contribution in [0.4, 0.5) is 0 Å². The monoisotopic (exact) mass is 280 g/mol. The van der Waals surface area contributed by atoms with Gasteiger partial charge in [-0.25, -0.2) is 0 Å². The van der Waals surface area contributed by atoms with E-state index in [-0.39, 0.29) is 11.8 Å². The Kier molecular flexibility index (Phi) is 6.44. The van der Waals surface area contributed by atoms with Gasteiger partial charge in [0, 0.05) is 6.04 Å². The van der Waals surface area contributed by atoms with Crippen LogP contribution >= 0.6 is 0 Å². The van der Waals surface area contributed by atoms with Crippen molar-refractivity contribution in [2.24, 2.45) is 5.92 Å². The normalized spacial score (nSPS) is 19.6. The van der Waals surface area contributed by atoms with Crippen LogP contribution < -0.4 is 10.6 Å². The molecule has 114 valence electrons. The maximum atomic E-state index is 12.2. The molecule has 1 unspecified atom stereocenters. The number of nitrogens with one attached hydrogen (secondary N) is 2. The summed E-state index contributed by atoms with van der Waals surface area (Å²) in [5.74, 6) is 0.0357. The lowest BCUT2D eigenvalue weighted by atomic mass is 9.90. The maximum absolute atomic E-state index is 12.2. The molecule has 1 amide bonds. The number of hydrogen-bond acceptors (Lipinski definition) is 4. The van der Waals surface area contributed by atoms with E-state index in [9.17, 15) is 10.1 Å². The van der Waals surface area contributed by atoms with E-state index in [1.807, 2.05) is 13.8 Å². The van der Waals surface area contributed by atoms with Gasteiger partial charge in [-0.05, 0) is 45.3 Å². The van der Waals surface area contributed by atoms with Gasteiger partial charge in [0.2, 0.25) is 5.91 Å². The first-order chi connectivity index (χ1) is 9.42. The van der Waals surface area contributed by atoms with Crippen molar-refractivity contribution in [2.75, 3.05) is 26.2 Å². The number of nitriles is 1. The Morgan fingerprint density at radius 2 is 2.10 bits per heavy atom. The molecule has 0 spiro atoms. The zero-order chi connectivity index (χ0) is 15.2. The summed E-state index contributed by atoms with van der Waals surface area (Å²) in [6, 6.07) is 2.69. The molecular formula is C15H28N4O. The fourth-order valence-corrected chi connectivity index (χ4v) is 2.49. The number of rotatable bonds is 6. The predicted octanol–water partition coefficient (Wildman–Crippen LogP) is 1.11. The van der Waals surface area contributed by atoms with Crippen molar-refractivity contribution in [3.63, 3.8) is 0 Å². The molecule has 2 N–H and O–H groups in total. The molecule has 1 rings (SSSR count). The van der Waals surface area contributed by atoms with Gasteiger partial charge < -0.3 is 10.6 Å². The smallest absolute Gasteiger partial charge is 0.235 e. The molecule has 1 aliphatic heterocycles. The van der Waals surface area contributed by atoms with Gasteiger partial charge in [-0.2, -0.15) is 5.26 Å². The van der Waals surface area contributed by atoms with Crippen LogP contribution in [-0.2, 0) is 4.79 Å². The summed E-state index contributed by atoms with van der Waals surface area (Å²) in [6.45, 7) is 11.1. The number of nitrogens with zero attached hydrogens (tertiary/aromatic N) is 2. The minimum absolute atomic E-state index is 0.0527. The molecule has 1 saturated heterocycles. The number of carbonyl (C=O) groups is 1. The highest BCUT2D eigenvalue weighted by molar-refractivity contribution is 5.79. The van der Waals surface area contributed by atoms with Gasteiger partial charge in [0.25, 0.3) is 0 Å². The quantitative estimate of drug-likeness (QED) is 0.765. The molecule has 1 heterocycles. The second-order valence-corrected chi connectivity index (χ2v) is 6.06. The van der Waals surface area contributed by atoms with E-state index < -0.39 is 5.54 Å². The SMILES string of the molecule is CCN(CC(=O)NC(C)(C#N)C(C)C)C1CCNCC1. The first-order valence-corrected chi connectivity index (χ1v) is 7.60. The Labute approximate surface area is 122 Å². The summed E-state index contributed by atoms with van der Waals surface area (Å²) in [5.41, 5.74) is -0.787. The van der Waals surface area contributed by atoms with E-state index in [1.165, 1.54) is 0 Å². The van der Waals surface area contributed by atoms with E-state index >= 15 is 0 Å². The van der Waals surface area contributed by atoms with Gasteiger partial charge in [-0.1, -0.05) is 20.8 Å². The number of likely N-dealkylation sites (N-methyl/N-ethyl adjacent to an activating group) is 1. The fraction of sp³-hybridized carbons (Fsp3) is 0.867. The summed E-state index contributed by atoms with van der Waals surface area (Å²) in [7, 11) is 0. The molecule has 0 bridgehead atoms. The van der Waals surface area contributed by atoms with Crippen molar-refractivity contribution < 1.29 is 4.79 Å². The van der Waals surface area contributed by atoms with Crippen molar-refractivity contribution in [1.82, 2.24) is 15.5 Å². The molecule has 0 aromatic rings. The first-order valence-electron chi connectivity index (χ1n) is 7.60. The van der Waals surface area contributed by atoms with Crippen LogP contribution in [0.1, 0.15) is 40.5 Å². The van der Waals surface area contributed by atoms with E-state index in [1.54, 1.807) is 6.92 Å². The minimum atomic E-state index is -0.787. The Hall–Kier alpha value is -1.12. The highest BCUT2D eigenvalue weighted by atomic mass is 16.2. The summed E-state index contributed by atoms with van der Waals surface area (Å²) in [6.07, 6.45) is 2.17. The van der Waals surface area contributed by atoms with Crippen molar-refractivity contribution in [2.45, 2.75) is 52.1 Å². The number of amides is 1. The molecule has 0 aliphatic carbocycles. The zero-order valence-electron chi connectivity index (χ0n) is 13.2. The highest BCUT2D eigenvalue weighted by Crippen LogP contribution is 2.16. The molecule has 5 heteroatoms. The Morgan fingerprint density at radius 3 is 2.55 bits per heavy atom. The van der Waals surface area contributed by atoms with Crippen molar-refractivity contribution in [3.05, 3.63) is 0 Å². The molecule has 5 nitrogen and oxygen atoms in total. The van der Waals surface area contributed by atoms with Crippen molar-refractivity contribution >= 4 is 5.91 Å². The predicted molar refractivity (Wildman–Crippen MR) is 80.1 cm³/mol. The summed E-state index contributed by atoms with van der Waals surface area (Å²) in [5, 5.41) is 15.5. The molecule has 0 aromatic heterocycles. The zero-order valence-corrected chi connectivity index (χ0v) is 13.2. The van der Waals surface area contributed by atoms with Crippen molar-refractivity contribution in [1.29, 1.82) is 5.26 Å². The Bertz CT molecular complexity index is 357. The fourth-order valence-electron chi connectivity index (χ4n) is 2.49. The van der Waals surface area contributed by atoms with Crippen LogP contribution in [0, 0.1) is 17.2 Å². The van der Waals surface area contributed by atoms with Crippen LogP contribution in [0.3, 0.4) is 0 Å². The van der Waals surface area contributed by atoms with Gasteiger partial charge in [-0.15, -0.1) is 0 Å². The van der Waals surface area contributed by atoms with Gasteiger partial charge in [0.15, 0.2) is 0 Å². The number of carbonyl (C=O) groups excluding carboxylic acids is 1. The summed E-state index contributed by atoms with van der Waals surface area (Å²) < 4.78 is 0. The second-order valence-electron chi connectivity index (χ2n) is 6.06.